The van der Waals surface area contributed by atoms with E-state index < -0.39 is 0 Å². The Balaban J connectivity index is 1.49. The van der Waals surface area contributed by atoms with Gasteiger partial charge in [-0.05, 0) is 24.9 Å². The highest BCUT2D eigenvalue weighted by Gasteiger charge is 2.19. The quantitative estimate of drug-likeness (QED) is 0.916. The van der Waals surface area contributed by atoms with Crippen LogP contribution in [0.15, 0.2) is 42.0 Å². The molecule has 2 heterocycles. The lowest BCUT2D eigenvalue weighted by Crippen LogP contribution is -2.44. The van der Waals surface area contributed by atoms with Gasteiger partial charge < -0.3 is 5.32 Å². The Labute approximate surface area is 124 Å². The van der Waals surface area contributed by atoms with Gasteiger partial charge in [0.05, 0.1) is 5.51 Å². The summed E-state index contributed by atoms with van der Waals surface area (Å²) in [5.41, 5.74) is 3.31. The van der Waals surface area contributed by atoms with E-state index >= 15 is 0 Å². The maximum Gasteiger partial charge on any atom is 0.0794 e. The van der Waals surface area contributed by atoms with Crippen LogP contribution in [0, 0.1) is 0 Å². The average Bonchev–Trinajstić information content (AvgIpc) is 3.00. The average molecular weight is 287 g/mol. The maximum atomic E-state index is 4.12. The Kier molecular flexibility index (Phi) is 4.79. The fourth-order valence-corrected chi connectivity index (χ4v) is 3.33. The number of hydrogen-bond acceptors (Lipinski definition) is 4. The number of benzene rings is 1. The molecule has 0 saturated carbocycles. The van der Waals surface area contributed by atoms with Gasteiger partial charge >= 0.3 is 0 Å². The molecule has 3 rings (SSSR count). The van der Waals surface area contributed by atoms with Crippen LogP contribution in [0.25, 0.3) is 0 Å². The zero-order valence-corrected chi connectivity index (χ0v) is 12.5. The first-order valence-electron chi connectivity index (χ1n) is 7.27. The fraction of sp³-hybridized carbons (Fsp3) is 0.438. The lowest BCUT2D eigenvalue weighted by molar-refractivity contribution is 0.183. The summed E-state index contributed by atoms with van der Waals surface area (Å²) in [6.45, 7) is 4.38. The molecule has 1 unspecified atom stereocenters. The van der Waals surface area contributed by atoms with Crippen LogP contribution in [-0.2, 0) is 13.1 Å². The van der Waals surface area contributed by atoms with E-state index in [1.807, 2.05) is 11.7 Å². The van der Waals surface area contributed by atoms with Crippen molar-refractivity contribution in [1.29, 1.82) is 0 Å². The van der Waals surface area contributed by atoms with Crippen molar-refractivity contribution in [1.82, 2.24) is 15.2 Å². The van der Waals surface area contributed by atoms with Gasteiger partial charge in [-0.1, -0.05) is 30.3 Å². The third kappa shape index (κ3) is 3.88. The van der Waals surface area contributed by atoms with Gasteiger partial charge in [0.25, 0.3) is 0 Å². The van der Waals surface area contributed by atoms with Crippen molar-refractivity contribution in [3.05, 3.63) is 52.5 Å². The van der Waals surface area contributed by atoms with Crippen molar-refractivity contribution in [3.63, 3.8) is 0 Å². The second-order valence-electron chi connectivity index (χ2n) is 5.41. The molecule has 1 aliphatic rings. The standard InChI is InChI=1S/C16H21N3S/c1-2-5-14(6-3-1)11-19-8-4-7-15(12-19)18-10-16-9-17-13-20-16/h1-3,5-6,9,13,15,18H,4,7-8,10-12H2. The van der Waals surface area contributed by atoms with Crippen molar-refractivity contribution in [2.75, 3.05) is 13.1 Å². The second-order valence-corrected chi connectivity index (χ2v) is 6.38. The molecular weight excluding hydrogens is 266 g/mol. The molecule has 1 aromatic carbocycles. The van der Waals surface area contributed by atoms with Crippen molar-refractivity contribution < 1.29 is 0 Å². The summed E-state index contributed by atoms with van der Waals surface area (Å²) in [4.78, 5) is 8.01. The van der Waals surface area contributed by atoms with E-state index in [1.54, 1.807) is 11.3 Å². The van der Waals surface area contributed by atoms with E-state index in [1.165, 1.54) is 29.8 Å². The first-order chi connectivity index (χ1) is 9.90. The molecule has 1 aromatic heterocycles. The first-order valence-corrected chi connectivity index (χ1v) is 8.15. The molecule has 2 aromatic rings. The lowest BCUT2D eigenvalue weighted by atomic mass is 10.0. The van der Waals surface area contributed by atoms with Crippen LogP contribution in [0.4, 0.5) is 0 Å². The normalized spacial score (nSPS) is 20.1. The first kappa shape index (κ1) is 13.7. The molecule has 1 atom stereocenters. The third-order valence-electron chi connectivity index (χ3n) is 3.80. The Bertz CT molecular complexity index is 498. The van der Waals surface area contributed by atoms with Crippen LogP contribution in [0.2, 0.25) is 0 Å². The van der Waals surface area contributed by atoms with Crippen LogP contribution >= 0.6 is 11.3 Å². The van der Waals surface area contributed by atoms with Crippen LogP contribution in [0.3, 0.4) is 0 Å². The number of thiazole rings is 1. The molecule has 1 aliphatic heterocycles. The van der Waals surface area contributed by atoms with E-state index in [4.69, 9.17) is 0 Å². The SMILES string of the molecule is c1ccc(CN2CCCC(NCc3cncs3)C2)cc1. The van der Waals surface area contributed by atoms with Gasteiger partial charge in [-0.25, -0.2) is 0 Å². The second kappa shape index (κ2) is 6.97. The van der Waals surface area contributed by atoms with Crippen molar-refractivity contribution in [2.24, 2.45) is 0 Å². The summed E-state index contributed by atoms with van der Waals surface area (Å²) >= 11 is 1.73. The van der Waals surface area contributed by atoms with E-state index in [0.717, 1.165) is 19.6 Å². The number of aromatic nitrogens is 1. The zero-order chi connectivity index (χ0) is 13.6. The minimum atomic E-state index is 0.606. The van der Waals surface area contributed by atoms with Gasteiger partial charge in [0.2, 0.25) is 0 Å². The predicted molar refractivity (Wildman–Crippen MR) is 83.7 cm³/mol. The fourth-order valence-electron chi connectivity index (χ4n) is 2.78. The van der Waals surface area contributed by atoms with Gasteiger partial charge in [-0.3, -0.25) is 9.88 Å². The van der Waals surface area contributed by atoms with Crippen molar-refractivity contribution in [3.8, 4) is 0 Å². The topological polar surface area (TPSA) is 28.2 Å². The molecule has 0 amide bonds. The molecule has 0 aliphatic carbocycles. The number of nitrogens with one attached hydrogen (secondary N) is 1. The zero-order valence-electron chi connectivity index (χ0n) is 11.7. The highest BCUT2D eigenvalue weighted by atomic mass is 32.1. The Hall–Kier alpha value is -1.23. The van der Waals surface area contributed by atoms with E-state index in [2.05, 4.69) is 45.5 Å². The van der Waals surface area contributed by atoms with Crippen molar-refractivity contribution in [2.45, 2.75) is 32.0 Å². The lowest BCUT2D eigenvalue weighted by Gasteiger charge is -2.33. The smallest absolute Gasteiger partial charge is 0.0794 e. The van der Waals surface area contributed by atoms with Gasteiger partial charge in [-0.2, -0.15) is 0 Å². The van der Waals surface area contributed by atoms with Crippen LogP contribution in [-0.4, -0.2) is 29.0 Å². The van der Waals surface area contributed by atoms with Gasteiger partial charge in [0, 0.05) is 36.8 Å². The molecule has 1 N–H and O–H groups in total. The largest absolute Gasteiger partial charge is 0.308 e. The van der Waals surface area contributed by atoms with E-state index in [9.17, 15) is 0 Å². The molecule has 1 fully saturated rings. The predicted octanol–water partition coefficient (Wildman–Crippen LogP) is 2.90. The molecule has 0 radical (unpaired) electrons. The highest BCUT2D eigenvalue weighted by molar-refractivity contribution is 7.09. The number of nitrogens with zero attached hydrogens (tertiary/aromatic N) is 2. The summed E-state index contributed by atoms with van der Waals surface area (Å²) in [7, 11) is 0. The minimum absolute atomic E-state index is 0.606. The van der Waals surface area contributed by atoms with Crippen LogP contribution < -0.4 is 5.32 Å². The molecule has 4 heteroatoms. The number of hydrogen-bond donors (Lipinski definition) is 1. The molecule has 106 valence electrons. The molecule has 0 spiro atoms. The molecule has 3 nitrogen and oxygen atoms in total. The molecule has 1 saturated heterocycles. The van der Waals surface area contributed by atoms with E-state index in [-0.39, 0.29) is 0 Å². The maximum absolute atomic E-state index is 4.12. The summed E-state index contributed by atoms with van der Waals surface area (Å²) in [5, 5.41) is 3.67. The number of piperidine rings is 1. The molecule has 20 heavy (non-hydrogen) atoms. The molecule has 0 bridgehead atoms. The summed E-state index contributed by atoms with van der Waals surface area (Å²) < 4.78 is 0. The van der Waals surface area contributed by atoms with Crippen LogP contribution in [0.5, 0.6) is 0 Å². The van der Waals surface area contributed by atoms with Gasteiger partial charge in [0.1, 0.15) is 0 Å². The van der Waals surface area contributed by atoms with Gasteiger partial charge in [0.15, 0.2) is 0 Å². The Morgan fingerprint density at radius 2 is 2.20 bits per heavy atom. The summed E-state index contributed by atoms with van der Waals surface area (Å²) in [6, 6.07) is 11.4. The van der Waals surface area contributed by atoms with E-state index in [0.29, 0.717) is 6.04 Å². The monoisotopic (exact) mass is 287 g/mol. The van der Waals surface area contributed by atoms with Crippen molar-refractivity contribution >= 4 is 11.3 Å². The number of likely N-dealkylation sites (tertiary alicyclic amines) is 1. The molecular formula is C16H21N3S. The third-order valence-corrected chi connectivity index (χ3v) is 4.58. The van der Waals surface area contributed by atoms with Crippen LogP contribution in [0.1, 0.15) is 23.3 Å². The Morgan fingerprint density at radius 3 is 3.00 bits per heavy atom. The minimum Gasteiger partial charge on any atom is -0.308 e. The summed E-state index contributed by atoms with van der Waals surface area (Å²) in [6.07, 6.45) is 4.53. The summed E-state index contributed by atoms with van der Waals surface area (Å²) in [5.74, 6) is 0. The highest BCUT2D eigenvalue weighted by Crippen LogP contribution is 2.14. The number of rotatable bonds is 5. The Morgan fingerprint density at radius 1 is 1.30 bits per heavy atom. The van der Waals surface area contributed by atoms with Gasteiger partial charge in [-0.15, -0.1) is 11.3 Å².